The van der Waals surface area contributed by atoms with Gasteiger partial charge in [-0.15, -0.1) is 0 Å². The molecule has 5 nitrogen and oxygen atoms in total. The summed E-state index contributed by atoms with van der Waals surface area (Å²) in [6.07, 6.45) is 0. The first-order valence-corrected chi connectivity index (χ1v) is 4.90. The van der Waals surface area contributed by atoms with Crippen LogP contribution in [0, 0.1) is 11.3 Å². The molecule has 0 saturated carbocycles. The molecule has 5 heteroatoms. The van der Waals surface area contributed by atoms with Crippen LogP contribution in [-0.4, -0.2) is 12.1 Å². The maximum atomic E-state index is 11.4. The van der Waals surface area contributed by atoms with Crippen LogP contribution < -0.4 is 16.4 Å². The summed E-state index contributed by atoms with van der Waals surface area (Å²) >= 11 is 0. The summed E-state index contributed by atoms with van der Waals surface area (Å²) in [5, 5.41) is 13.9. The number of nitrogens with zero attached hydrogens (tertiary/aromatic N) is 1. The van der Waals surface area contributed by atoms with Gasteiger partial charge in [0.25, 0.3) is 0 Å². The van der Waals surface area contributed by atoms with Crippen LogP contribution in [0.2, 0.25) is 0 Å². The molecule has 0 unspecified atom stereocenters. The minimum Gasteiger partial charge on any atom is -0.397 e. The molecule has 0 fully saturated rings. The van der Waals surface area contributed by atoms with Crippen LogP contribution in [0.5, 0.6) is 0 Å². The Balaban J connectivity index is 2.75. The summed E-state index contributed by atoms with van der Waals surface area (Å²) in [6.45, 7) is 3.73. The molecule has 1 aromatic rings. The van der Waals surface area contributed by atoms with Gasteiger partial charge >= 0.3 is 6.03 Å². The smallest absolute Gasteiger partial charge is 0.319 e. The number of benzene rings is 1. The van der Waals surface area contributed by atoms with Crippen molar-refractivity contribution in [1.29, 1.82) is 5.26 Å². The number of rotatable bonds is 2. The molecule has 0 aromatic heterocycles. The van der Waals surface area contributed by atoms with Gasteiger partial charge in [-0.25, -0.2) is 4.79 Å². The molecule has 84 valence electrons. The Bertz CT molecular complexity index is 434. The number of hydrogen-bond donors (Lipinski definition) is 3. The highest BCUT2D eigenvalue weighted by Gasteiger charge is 2.06. The Morgan fingerprint density at radius 3 is 2.69 bits per heavy atom. The fourth-order valence-corrected chi connectivity index (χ4v) is 1.17. The average Bonchev–Trinajstić information content (AvgIpc) is 2.19. The fraction of sp³-hybridized carbons (Fsp3) is 0.273. The average molecular weight is 218 g/mol. The zero-order valence-electron chi connectivity index (χ0n) is 9.24. The Kier molecular flexibility index (Phi) is 3.72. The van der Waals surface area contributed by atoms with Crippen molar-refractivity contribution in [1.82, 2.24) is 5.32 Å². The number of amides is 2. The molecule has 0 saturated heterocycles. The van der Waals surface area contributed by atoms with E-state index in [9.17, 15) is 4.79 Å². The molecule has 0 atom stereocenters. The van der Waals surface area contributed by atoms with Crippen molar-refractivity contribution >= 4 is 17.4 Å². The van der Waals surface area contributed by atoms with Crippen molar-refractivity contribution in [3.63, 3.8) is 0 Å². The number of nitrogen functional groups attached to an aromatic ring is 1. The lowest BCUT2D eigenvalue weighted by molar-refractivity contribution is 0.250. The largest absolute Gasteiger partial charge is 0.397 e. The standard InChI is InChI=1S/C11H14N4O/c1-7(2)14-11(16)15-10-4-3-8(6-12)5-9(10)13/h3-5,7H,13H2,1-2H3,(H2,14,15,16). The Morgan fingerprint density at radius 2 is 2.19 bits per heavy atom. The van der Waals surface area contributed by atoms with Crippen LogP contribution in [0.25, 0.3) is 0 Å². The van der Waals surface area contributed by atoms with Crippen molar-refractivity contribution in [2.24, 2.45) is 0 Å². The van der Waals surface area contributed by atoms with Gasteiger partial charge in [-0.1, -0.05) is 0 Å². The monoisotopic (exact) mass is 218 g/mol. The first-order chi connectivity index (χ1) is 7.52. The molecule has 0 aliphatic rings. The molecule has 0 heterocycles. The third-order valence-corrected chi connectivity index (χ3v) is 1.85. The van der Waals surface area contributed by atoms with Crippen molar-refractivity contribution < 1.29 is 4.79 Å². The molecular weight excluding hydrogens is 204 g/mol. The lowest BCUT2D eigenvalue weighted by atomic mass is 10.2. The Labute approximate surface area is 94.2 Å². The SMILES string of the molecule is CC(C)NC(=O)Nc1ccc(C#N)cc1N. The summed E-state index contributed by atoms with van der Waals surface area (Å²) in [5.41, 5.74) is 7.02. The zero-order chi connectivity index (χ0) is 12.1. The predicted octanol–water partition coefficient (Wildman–Crippen LogP) is 1.67. The summed E-state index contributed by atoms with van der Waals surface area (Å²) in [4.78, 5) is 11.4. The molecule has 0 aliphatic carbocycles. The van der Waals surface area contributed by atoms with Gasteiger partial charge in [0.1, 0.15) is 0 Å². The van der Waals surface area contributed by atoms with Gasteiger partial charge < -0.3 is 16.4 Å². The third kappa shape index (κ3) is 3.17. The second kappa shape index (κ2) is 5.03. The fourth-order valence-electron chi connectivity index (χ4n) is 1.17. The van der Waals surface area contributed by atoms with Gasteiger partial charge in [0.15, 0.2) is 0 Å². The van der Waals surface area contributed by atoms with E-state index in [-0.39, 0.29) is 12.1 Å². The number of carbonyl (C=O) groups is 1. The molecule has 0 radical (unpaired) electrons. The number of urea groups is 1. The van der Waals surface area contributed by atoms with Crippen molar-refractivity contribution in [2.45, 2.75) is 19.9 Å². The van der Waals surface area contributed by atoms with Gasteiger partial charge in [0.05, 0.1) is 23.0 Å². The summed E-state index contributed by atoms with van der Waals surface area (Å²) in [5.74, 6) is 0. The van der Waals surface area contributed by atoms with Crippen molar-refractivity contribution in [3.05, 3.63) is 23.8 Å². The van der Waals surface area contributed by atoms with E-state index >= 15 is 0 Å². The van der Waals surface area contributed by atoms with E-state index in [2.05, 4.69) is 10.6 Å². The lowest BCUT2D eigenvalue weighted by Gasteiger charge is -2.11. The molecule has 1 aromatic carbocycles. The molecule has 4 N–H and O–H groups in total. The highest BCUT2D eigenvalue weighted by Crippen LogP contribution is 2.19. The molecule has 1 rings (SSSR count). The zero-order valence-corrected chi connectivity index (χ0v) is 9.24. The van der Waals surface area contributed by atoms with Crippen molar-refractivity contribution in [2.75, 3.05) is 11.1 Å². The quantitative estimate of drug-likeness (QED) is 0.659. The van der Waals surface area contributed by atoms with Gasteiger partial charge in [0.2, 0.25) is 0 Å². The number of nitrogens with one attached hydrogen (secondary N) is 2. The number of carbonyl (C=O) groups excluding carboxylic acids is 1. The van der Waals surface area contributed by atoms with E-state index in [0.29, 0.717) is 16.9 Å². The minimum atomic E-state index is -0.314. The van der Waals surface area contributed by atoms with Gasteiger partial charge in [-0.2, -0.15) is 5.26 Å². The molecule has 0 aliphatic heterocycles. The van der Waals surface area contributed by atoms with Gasteiger partial charge in [-0.05, 0) is 32.0 Å². The summed E-state index contributed by atoms with van der Waals surface area (Å²) in [6, 6.07) is 6.44. The number of nitriles is 1. The van der Waals surface area contributed by atoms with E-state index in [1.165, 1.54) is 6.07 Å². The second-order valence-corrected chi connectivity index (χ2v) is 3.67. The van der Waals surface area contributed by atoms with Gasteiger partial charge in [-0.3, -0.25) is 0 Å². The maximum Gasteiger partial charge on any atom is 0.319 e. The molecule has 0 bridgehead atoms. The van der Waals surface area contributed by atoms with Gasteiger partial charge in [0, 0.05) is 6.04 Å². The van der Waals surface area contributed by atoms with Crippen LogP contribution >= 0.6 is 0 Å². The number of hydrogen-bond acceptors (Lipinski definition) is 3. The maximum absolute atomic E-state index is 11.4. The topological polar surface area (TPSA) is 90.9 Å². The molecule has 2 amide bonds. The highest BCUT2D eigenvalue weighted by atomic mass is 16.2. The molecular formula is C11H14N4O. The van der Waals surface area contributed by atoms with E-state index in [4.69, 9.17) is 11.0 Å². The third-order valence-electron chi connectivity index (χ3n) is 1.85. The first-order valence-electron chi connectivity index (χ1n) is 4.90. The summed E-state index contributed by atoms with van der Waals surface area (Å²) < 4.78 is 0. The first kappa shape index (κ1) is 11.9. The van der Waals surface area contributed by atoms with Crippen LogP contribution in [0.15, 0.2) is 18.2 Å². The van der Waals surface area contributed by atoms with Crippen molar-refractivity contribution in [3.8, 4) is 6.07 Å². The molecule has 16 heavy (non-hydrogen) atoms. The molecule has 0 spiro atoms. The predicted molar refractivity (Wildman–Crippen MR) is 62.9 cm³/mol. The minimum absolute atomic E-state index is 0.0552. The van der Waals surface area contributed by atoms with Crippen LogP contribution in [0.1, 0.15) is 19.4 Å². The van der Waals surface area contributed by atoms with E-state index in [0.717, 1.165) is 0 Å². The second-order valence-electron chi connectivity index (χ2n) is 3.67. The van der Waals surface area contributed by atoms with Crippen LogP contribution in [0.4, 0.5) is 16.2 Å². The van der Waals surface area contributed by atoms with E-state index < -0.39 is 0 Å². The van der Waals surface area contributed by atoms with E-state index in [1.54, 1.807) is 12.1 Å². The Morgan fingerprint density at radius 1 is 1.50 bits per heavy atom. The van der Waals surface area contributed by atoms with Crippen LogP contribution in [0.3, 0.4) is 0 Å². The highest BCUT2D eigenvalue weighted by molar-refractivity contribution is 5.92. The Hall–Kier alpha value is -2.22. The number of anilines is 2. The van der Waals surface area contributed by atoms with Crippen LogP contribution in [-0.2, 0) is 0 Å². The van der Waals surface area contributed by atoms with E-state index in [1.807, 2.05) is 19.9 Å². The number of nitrogens with two attached hydrogens (primary N) is 1. The lowest BCUT2D eigenvalue weighted by Crippen LogP contribution is -2.34. The normalized spacial score (nSPS) is 9.62. The summed E-state index contributed by atoms with van der Waals surface area (Å²) in [7, 11) is 0.